The van der Waals surface area contributed by atoms with E-state index in [9.17, 15) is 4.21 Å². The van der Waals surface area contributed by atoms with Crippen molar-refractivity contribution >= 4 is 39.4 Å². The fourth-order valence-electron chi connectivity index (χ4n) is 1.25. The maximum atomic E-state index is 12.0. The lowest BCUT2D eigenvalue weighted by Crippen LogP contribution is -1.99. The molecule has 1 aromatic heterocycles. The predicted octanol–water partition coefficient (Wildman–Crippen LogP) is 2.69. The van der Waals surface area contributed by atoms with Crippen LogP contribution in [0, 0.1) is 0 Å². The van der Waals surface area contributed by atoms with Gasteiger partial charge in [0, 0.05) is 21.8 Å². The van der Waals surface area contributed by atoms with Gasteiger partial charge in [-0.1, -0.05) is 11.6 Å². The average Bonchev–Trinajstić information content (AvgIpc) is 2.70. The molecule has 2 N–H and O–H groups in total. The summed E-state index contributed by atoms with van der Waals surface area (Å²) in [7, 11) is -1.15. The number of thiazole rings is 1. The van der Waals surface area contributed by atoms with Crippen molar-refractivity contribution in [3.05, 3.63) is 39.8 Å². The van der Waals surface area contributed by atoms with Gasteiger partial charge in [-0.15, -0.1) is 11.3 Å². The molecule has 0 spiro atoms. The summed E-state index contributed by atoms with van der Waals surface area (Å²) in [5.41, 5.74) is 7.95. The second-order valence-corrected chi connectivity index (χ2v) is 5.97. The quantitative estimate of drug-likeness (QED) is 0.874. The van der Waals surface area contributed by atoms with Crippen LogP contribution < -0.4 is 5.73 Å². The molecule has 1 heterocycles. The third-order valence-electron chi connectivity index (χ3n) is 1.97. The highest BCUT2D eigenvalue weighted by molar-refractivity contribution is 7.84. The van der Waals surface area contributed by atoms with E-state index < -0.39 is 10.8 Å². The van der Waals surface area contributed by atoms with Crippen molar-refractivity contribution in [2.24, 2.45) is 0 Å². The van der Waals surface area contributed by atoms with E-state index >= 15 is 0 Å². The number of nitrogens with two attached hydrogens (primary N) is 1. The van der Waals surface area contributed by atoms with Gasteiger partial charge in [-0.2, -0.15) is 0 Å². The van der Waals surface area contributed by atoms with Crippen LogP contribution in [0.25, 0.3) is 0 Å². The van der Waals surface area contributed by atoms with Crippen LogP contribution in [0.2, 0.25) is 5.02 Å². The smallest absolute Gasteiger partial charge is 0.0794 e. The third-order valence-corrected chi connectivity index (χ3v) is 4.61. The number of nitrogens with zero attached hydrogens (tertiary/aromatic N) is 1. The van der Waals surface area contributed by atoms with Gasteiger partial charge in [-0.05, 0) is 18.2 Å². The normalized spacial score (nSPS) is 12.6. The van der Waals surface area contributed by atoms with E-state index in [-0.39, 0.29) is 0 Å². The molecule has 0 saturated heterocycles. The van der Waals surface area contributed by atoms with E-state index in [1.54, 1.807) is 29.9 Å². The molecule has 1 atom stereocenters. The molecule has 0 amide bonds. The zero-order valence-corrected chi connectivity index (χ0v) is 10.6. The molecule has 0 aliphatic heterocycles. The highest BCUT2D eigenvalue weighted by Gasteiger charge is 2.10. The zero-order chi connectivity index (χ0) is 11.5. The summed E-state index contributed by atoms with van der Waals surface area (Å²) in [6.07, 6.45) is 1.72. The summed E-state index contributed by atoms with van der Waals surface area (Å²) in [5.74, 6) is 0.441. The lowest BCUT2D eigenvalue weighted by molar-refractivity contribution is 0.683. The number of nitrogen functional groups attached to an aromatic ring is 1. The monoisotopic (exact) mass is 272 g/mol. The Morgan fingerprint density at radius 2 is 2.31 bits per heavy atom. The van der Waals surface area contributed by atoms with Gasteiger partial charge in [0.15, 0.2) is 0 Å². The molecule has 2 aromatic rings. The van der Waals surface area contributed by atoms with Crippen molar-refractivity contribution in [3.63, 3.8) is 0 Å². The fourth-order valence-corrected chi connectivity index (χ4v) is 3.43. The predicted molar refractivity (Wildman–Crippen MR) is 68.1 cm³/mol. The summed E-state index contributed by atoms with van der Waals surface area (Å²) >= 11 is 7.26. The molecule has 0 aliphatic rings. The standard InChI is InChI=1S/C10H9ClN2OS2/c11-7-1-2-10(9(12)3-7)16(14)5-8-4-13-6-15-8/h1-4,6H,5,12H2. The molecular weight excluding hydrogens is 264 g/mol. The van der Waals surface area contributed by atoms with Gasteiger partial charge in [-0.3, -0.25) is 9.19 Å². The minimum Gasteiger partial charge on any atom is -0.398 e. The van der Waals surface area contributed by atoms with E-state index in [1.165, 1.54) is 11.3 Å². The molecule has 0 aliphatic carbocycles. The Hall–Kier alpha value is -0.910. The Morgan fingerprint density at radius 1 is 1.50 bits per heavy atom. The van der Waals surface area contributed by atoms with Crippen molar-refractivity contribution in [2.75, 3.05) is 5.73 Å². The first-order valence-corrected chi connectivity index (χ1v) is 7.05. The summed E-state index contributed by atoms with van der Waals surface area (Å²) in [4.78, 5) is 5.54. The molecule has 0 saturated carbocycles. The van der Waals surface area contributed by atoms with Gasteiger partial charge in [0.25, 0.3) is 0 Å². The van der Waals surface area contributed by atoms with Gasteiger partial charge in [0.1, 0.15) is 0 Å². The molecular formula is C10H9ClN2OS2. The molecule has 1 aromatic carbocycles. The second-order valence-electron chi connectivity index (χ2n) is 3.14. The van der Waals surface area contributed by atoms with Crippen LogP contribution in [0.15, 0.2) is 34.8 Å². The largest absolute Gasteiger partial charge is 0.398 e. The fraction of sp³-hybridized carbons (Fsp3) is 0.100. The maximum Gasteiger partial charge on any atom is 0.0794 e. The first-order chi connectivity index (χ1) is 7.66. The molecule has 16 heavy (non-hydrogen) atoms. The van der Waals surface area contributed by atoms with E-state index in [1.807, 2.05) is 0 Å². The van der Waals surface area contributed by atoms with Gasteiger partial charge in [0.2, 0.25) is 0 Å². The van der Waals surface area contributed by atoms with Crippen molar-refractivity contribution in [1.82, 2.24) is 4.98 Å². The van der Waals surface area contributed by atoms with Crippen LogP contribution in [0.5, 0.6) is 0 Å². The molecule has 6 heteroatoms. The molecule has 0 bridgehead atoms. The zero-order valence-electron chi connectivity index (χ0n) is 8.22. The van der Waals surface area contributed by atoms with Crippen molar-refractivity contribution in [2.45, 2.75) is 10.6 Å². The van der Waals surface area contributed by atoms with Crippen LogP contribution in [-0.2, 0) is 16.6 Å². The minimum absolute atomic E-state index is 0.441. The number of anilines is 1. The van der Waals surface area contributed by atoms with Gasteiger partial charge >= 0.3 is 0 Å². The third kappa shape index (κ3) is 2.61. The van der Waals surface area contributed by atoms with Crippen LogP contribution in [0.1, 0.15) is 4.88 Å². The Morgan fingerprint density at radius 3 is 2.94 bits per heavy atom. The number of benzene rings is 1. The summed E-state index contributed by atoms with van der Waals surface area (Å²) in [6.45, 7) is 0. The average molecular weight is 273 g/mol. The van der Waals surface area contributed by atoms with E-state index in [0.29, 0.717) is 21.4 Å². The molecule has 84 valence electrons. The Labute approximate surface area is 105 Å². The van der Waals surface area contributed by atoms with Gasteiger partial charge < -0.3 is 5.73 Å². The van der Waals surface area contributed by atoms with Crippen LogP contribution in [0.4, 0.5) is 5.69 Å². The lowest BCUT2D eigenvalue weighted by Gasteiger charge is -2.04. The molecule has 3 nitrogen and oxygen atoms in total. The SMILES string of the molecule is Nc1cc(Cl)ccc1S(=O)Cc1cncs1. The van der Waals surface area contributed by atoms with Crippen LogP contribution in [0.3, 0.4) is 0 Å². The highest BCUT2D eigenvalue weighted by Crippen LogP contribution is 2.23. The van der Waals surface area contributed by atoms with Crippen molar-refractivity contribution in [1.29, 1.82) is 0 Å². The molecule has 1 unspecified atom stereocenters. The first-order valence-electron chi connectivity index (χ1n) is 4.47. The van der Waals surface area contributed by atoms with Crippen LogP contribution >= 0.6 is 22.9 Å². The lowest BCUT2D eigenvalue weighted by atomic mass is 10.3. The Kier molecular flexibility index (Phi) is 3.58. The number of aromatic nitrogens is 1. The number of hydrogen-bond donors (Lipinski definition) is 1. The van der Waals surface area contributed by atoms with Gasteiger partial charge in [0.05, 0.1) is 27.0 Å². The summed E-state index contributed by atoms with van der Waals surface area (Å²) in [5, 5.41) is 0.552. The summed E-state index contributed by atoms with van der Waals surface area (Å²) < 4.78 is 12.0. The van der Waals surface area contributed by atoms with Crippen LogP contribution in [-0.4, -0.2) is 9.19 Å². The van der Waals surface area contributed by atoms with Crippen molar-refractivity contribution < 1.29 is 4.21 Å². The topological polar surface area (TPSA) is 56.0 Å². The maximum absolute atomic E-state index is 12.0. The van der Waals surface area contributed by atoms with E-state index in [4.69, 9.17) is 17.3 Å². The highest BCUT2D eigenvalue weighted by atomic mass is 35.5. The van der Waals surface area contributed by atoms with Crippen molar-refractivity contribution in [3.8, 4) is 0 Å². The number of rotatable bonds is 3. The molecule has 0 radical (unpaired) electrons. The number of halogens is 1. The molecule has 2 rings (SSSR count). The number of hydrogen-bond acceptors (Lipinski definition) is 4. The van der Waals surface area contributed by atoms with Gasteiger partial charge in [-0.25, -0.2) is 0 Å². The Bertz CT molecular complexity index is 514. The molecule has 0 fully saturated rings. The second kappa shape index (κ2) is 4.95. The minimum atomic E-state index is -1.15. The van der Waals surface area contributed by atoms with E-state index in [2.05, 4.69) is 4.98 Å². The Balaban J connectivity index is 2.21. The summed E-state index contributed by atoms with van der Waals surface area (Å²) in [6, 6.07) is 5.01. The first kappa shape index (κ1) is 11.6. The van der Waals surface area contributed by atoms with E-state index in [0.717, 1.165) is 4.88 Å².